The molecule has 2 aromatic carbocycles. The molecule has 0 aliphatic rings. The maximum absolute atomic E-state index is 10.00. The first kappa shape index (κ1) is 13.4. The van der Waals surface area contributed by atoms with E-state index in [0.717, 1.165) is 29.8 Å². The van der Waals surface area contributed by atoms with Crippen LogP contribution in [0, 0.1) is 0 Å². The van der Waals surface area contributed by atoms with Crippen LogP contribution in [0.5, 0.6) is 5.75 Å². The lowest BCUT2D eigenvalue weighted by molar-refractivity contribution is 0.464. The fourth-order valence-electron chi connectivity index (χ4n) is 2.36. The number of rotatable bonds is 4. The van der Waals surface area contributed by atoms with E-state index in [1.807, 2.05) is 54.6 Å². The first-order valence-electron chi connectivity index (χ1n) is 7.11. The maximum atomic E-state index is 10.00. The van der Waals surface area contributed by atoms with Crippen molar-refractivity contribution in [2.45, 2.75) is 12.8 Å². The molecular weight excluding hydrogens is 258 g/mol. The maximum Gasteiger partial charge on any atom is 0.137 e. The highest BCUT2D eigenvalue weighted by atomic mass is 16.3. The van der Waals surface area contributed by atoms with Gasteiger partial charge in [-0.1, -0.05) is 60.7 Å². The fourth-order valence-corrected chi connectivity index (χ4v) is 2.36. The summed E-state index contributed by atoms with van der Waals surface area (Å²) in [5.41, 5.74) is 3.97. The second-order valence-electron chi connectivity index (χ2n) is 5.01. The lowest BCUT2D eigenvalue weighted by Gasteiger charge is -2.07. The van der Waals surface area contributed by atoms with Crippen LogP contribution in [0.3, 0.4) is 0 Å². The molecular formula is C19H17NO. The van der Waals surface area contributed by atoms with Gasteiger partial charge in [0.2, 0.25) is 0 Å². The average Bonchev–Trinajstić information content (AvgIpc) is 2.56. The highest BCUT2D eigenvalue weighted by Gasteiger charge is 2.06. The van der Waals surface area contributed by atoms with Gasteiger partial charge in [0.1, 0.15) is 5.75 Å². The SMILES string of the molecule is Oc1ccc(-c2ccccc2)nc1CCc1ccccc1. The van der Waals surface area contributed by atoms with Crippen molar-refractivity contribution in [2.24, 2.45) is 0 Å². The monoisotopic (exact) mass is 275 g/mol. The quantitative estimate of drug-likeness (QED) is 0.772. The van der Waals surface area contributed by atoms with Crippen LogP contribution in [0.1, 0.15) is 11.3 Å². The topological polar surface area (TPSA) is 33.1 Å². The number of benzene rings is 2. The van der Waals surface area contributed by atoms with E-state index in [1.165, 1.54) is 5.56 Å². The lowest BCUT2D eigenvalue weighted by Crippen LogP contribution is -1.96. The molecule has 3 aromatic rings. The van der Waals surface area contributed by atoms with E-state index in [0.29, 0.717) is 0 Å². The molecule has 0 saturated carbocycles. The molecule has 0 aliphatic heterocycles. The van der Waals surface area contributed by atoms with Gasteiger partial charge in [-0.3, -0.25) is 0 Å². The molecule has 2 heteroatoms. The molecule has 0 saturated heterocycles. The van der Waals surface area contributed by atoms with Crippen LogP contribution in [0.2, 0.25) is 0 Å². The van der Waals surface area contributed by atoms with E-state index in [1.54, 1.807) is 6.07 Å². The minimum Gasteiger partial charge on any atom is -0.506 e. The van der Waals surface area contributed by atoms with E-state index in [2.05, 4.69) is 17.1 Å². The van der Waals surface area contributed by atoms with Crippen LogP contribution in [0.25, 0.3) is 11.3 Å². The summed E-state index contributed by atoms with van der Waals surface area (Å²) in [5, 5.41) is 10.00. The molecule has 0 unspecified atom stereocenters. The Balaban J connectivity index is 1.82. The summed E-state index contributed by atoms with van der Waals surface area (Å²) in [4.78, 5) is 4.61. The molecule has 3 rings (SSSR count). The minimum atomic E-state index is 0.269. The molecule has 1 aromatic heterocycles. The molecule has 2 nitrogen and oxygen atoms in total. The molecule has 0 fully saturated rings. The predicted molar refractivity (Wildman–Crippen MR) is 85.2 cm³/mol. The number of aromatic hydroxyl groups is 1. The number of aryl methyl sites for hydroxylation is 2. The van der Waals surface area contributed by atoms with Crippen molar-refractivity contribution < 1.29 is 5.11 Å². The van der Waals surface area contributed by atoms with E-state index < -0.39 is 0 Å². The number of nitrogens with zero attached hydrogens (tertiary/aromatic N) is 1. The van der Waals surface area contributed by atoms with Crippen LogP contribution in [0.15, 0.2) is 72.8 Å². The summed E-state index contributed by atoms with van der Waals surface area (Å²) >= 11 is 0. The van der Waals surface area contributed by atoms with E-state index in [4.69, 9.17) is 0 Å². The molecule has 1 heterocycles. The van der Waals surface area contributed by atoms with Crippen molar-refractivity contribution in [3.05, 3.63) is 84.1 Å². The van der Waals surface area contributed by atoms with Gasteiger partial charge in [0.15, 0.2) is 0 Å². The summed E-state index contributed by atoms with van der Waals surface area (Å²) in [7, 11) is 0. The van der Waals surface area contributed by atoms with Crippen LogP contribution < -0.4 is 0 Å². The second-order valence-corrected chi connectivity index (χ2v) is 5.01. The van der Waals surface area contributed by atoms with Gasteiger partial charge in [-0.2, -0.15) is 0 Å². The zero-order valence-corrected chi connectivity index (χ0v) is 11.7. The number of aromatic nitrogens is 1. The van der Waals surface area contributed by atoms with E-state index >= 15 is 0 Å². The Labute approximate surface area is 124 Å². The Bertz CT molecular complexity index is 708. The molecule has 0 spiro atoms. The highest BCUT2D eigenvalue weighted by Crippen LogP contribution is 2.23. The van der Waals surface area contributed by atoms with Crippen molar-refractivity contribution in [3.63, 3.8) is 0 Å². The summed E-state index contributed by atoms with van der Waals surface area (Å²) in [6.07, 6.45) is 1.61. The molecule has 0 radical (unpaired) electrons. The molecule has 21 heavy (non-hydrogen) atoms. The molecule has 0 bridgehead atoms. The summed E-state index contributed by atoms with van der Waals surface area (Å²) in [6, 6.07) is 23.9. The predicted octanol–water partition coefficient (Wildman–Crippen LogP) is 4.24. The first-order valence-corrected chi connectivity index (χ1v) is 7.11. The first-order chi connectivity index (χ1) is 10.3. The molecule has 1 N–H and O–H groups in total. The smallest absolute Gasteiger partial charge is 0.137 e. The van der Waals surface area contributed by atoms with Crippen molar-refractivity contribution in [3.8, 4) is 17.0 Å². The van der Waals surface area contributed by atoms with Crippen LogP contribution in [-0.2, 0) is 12.8 Å². The van der Waals surface area contributed by atoms with Crippen LogP contribution >= 0.6 is 0 Å². The lowest BCUT2D eigenvalue weighted by atomic mass is 10.1. The van der Waals surface area contributed by atoms with Gasteiger partial charge < -0.3 is 5.11 Å². The zero-order chi connectivity index (χ0) is 14.5. The Morgan fingerprint density at radius 1 is 0.714 bits per heavy atom. The van der Waals surface area contributed by atoms with Gasteiger partial charge in [-0.15, -0.1) is 0 Å². The molecule has 0 atom stereocenters. The standard InChI is InChI=1S/C19H17NO/c21-19-14-13-17(16-9-5-2-6-10-16)20-18(19)12-11-15-7-3-1-4-8-15/h1-10,13-14,21H,11-12H2. The van der Waals surface area contributed by atoms with Crippen LogP contribution in [0.4, 0.5) is 0 Å². The highest BCUT2D eigenvalue weighted by molar-refractivity contribution is 5.59. The third-order valence-electron chi connectivity index (χ3n) is 3.51. The summed E-state index contributed by atoms with van der Waals surface area (Å²) in [5.74, 6) is 0.269. The van der Waals surface area contributed by atoms with Gasteiger partial charge >= 0.3 is 0 Å². The number of hydrogen-bond donors (Lipinski definition) is 1. The van der Waals surface area contributed by atoms with Gasteiger partial charge in [0, 0.05) is 5.56 Å². The van der Waals surface area contributed by atoms with Crippen molar-refractivity contribution in [1.82, 2.24) is 4.98 Å². The van der Waals surface area contributed by atoms with Crippen molar-refractivity contribution in [1.29, 1.82) is 0 Å². The van der Waals surface area contributed by atoms with E-state index in [-0.39, 0.29) is 5.75 Å². The van der Waals surface area contributed by atoms with Crippen molar-refractivity contribution >= 4 is 0 Å². The second kappa shape index (κ2) is 6.23. The summed E-state index contributed by atoms with van der Waals surface area (Å²) < 4.78 is 0. The Kier molecular flexibility index (Phi) is 3.97. The summed E-state index contributed by atoms with van der Waals surface area (Å²) in [6.45, 7) is 0. The largest absolute Gasteiger partial charge is 0.506 e. The molecule has 0 aliphatic carbocycles. The van der Waals surface area contributed by atoms with Gasteiger partial charge in [-0.05, 0) is 30.5 Å². The number of hydrogen-bond acceptors (Lipinski definition) is 2. The van der Waals surface area contributed by atoms with Gasteiger partial charge in [0.05, 0.1) is 11.4 Å². The minimum absolute atomic E-state index is 0.269. The fraction of sp³-hybridized carbons (Fsp3) is 0.105. The third-order valence-corrected chi connectivity index (χ3v) is 3.51. The van der Waals surface area contributed by atoms with E-state index in [9.17, 15) is 5.11 Å². The van der Waals surface area contributed by atoms with Crippen LogP contribution in [-0.4, -0.2) is 10.1 Å². The Morgan fingerprint density at radius 2 is 1.38 bits per heavy atom. The normalized spacial score (nSPS) is 10.5. The zero-order valence-electron chi connectivity index (χ0n) is 11.7. The van der Waals surface area contributed by atoms with Crippen molar-refractivity contribution in [2.75, 3.05) is 0 Å². The van der Waals surface area contributed by atoms with Gasteiger partial charge in [0.25, 0.3) is 0 Å². The molecule has 104 valence electrons. The third kappa shape index (κ3) is 3.29. The van der Waals surface area contributed by atoms with Gasteiger partial charge in [-0.25, -0.2) is 4.98 Å². The average molecular weight is 275 g/mol. The Hall–Kier alpha value is -2.61. The number of pyridine rings is 1. The Morgan fingerprint density at radius 3 is 2.10 bits per heavy atom. The molecule has 0 amide bonds.